The first-order valence-corrected chi connectivity index (χ1v) is 6.23. The molecule has 1 rings (SSSR count). The number of ether oxygens (including phenoxy) is 2. The fraction of sp³-hybridized carbons (Fsp3) is 0.533. The van der Waals surface area contributed by atoms with Gasteiger partial charge in [-0.25, -0.2) is 4.79 Å². The predicted octanol–water partition coefficient (Wildman–Crippen LogP) is 3.56. The Hall–Kier alpha value is -1.51. The monoisotopic (exact) mass is 250 g/mol. The highest BCUT2D eigenvalue weighted by Gasteiger charge is 2.24. The molecule has 100 valence electrons. The van der Waals surface area contributed by atoms with Crippen LogP contribution in [0.5, 0.6) is 5.75 Å². The Morgan fingerprint density at radius 1 is 1.28 bits per heavy atom. The molecule has 0 spiro atoms. The van der Waals surface area contributed by atoms with Gasteiger partial charge in [-0.15, -0.1) is 0 Å². The van der Waals surface area contributed by atoms with Crippen LogP contribution in [0.3, 0.4) is 0 Å². The molecule has 1 aromatic rings. The number of methoxy groups -OCH3 is 2. The zero-order valence-electron chi connectivity index (χ0n) is 11.9. The lowest BCUT2D eigenvalue weighted by Crippen LogP contribution is -2.19. The number of carbonyl (C=O) groups excluding carboxylic acids is 1. The summed E-state index contributed by atoms with van der Waals surface area (Å²) in [5, 5.41) is 0. The van der Waals surface area contributed by atoms with Crippen molar-refractivity contribution in [3.63, 3.8) is 0 Å². The molecule has 0 bridgehead atoms. The zero-order valence-corrected chi connectivity index (χ0v) is 11.9. The molecule has 0 aliphatic rings. The smallest absolute Gasteiger partial charge is 0.337 e. The Labute approximate surface area is 109 Å². The van der Waals surface area contributed by atoms with E-state index >= 15 is 0 Å². The lowest BCUT2D eigenvalue weighted by atomic mass is 9.79. The lowest BCUT2D eigenvalue weighted by molar-refractivity contribution is 0.0600. The molecule has 3 heteroatoms. The van der Waals surface area contributed by atoms with Crippen molar-refractivity contribution in [3.05, 3.63) is 29.3 Å². The van der Waals surface area contributed by atoms with Crippen molar-refractivity contribution in [1.82, 2.24) is 0 Å². The SMILES string of the molecule is CCCC(C)(C)c1cc(C(=O)OC)ccc1OC. The second-order valence-corrected chi connectivity index (χ2v) is 5.04. The first kappa shape index (κ1) is 14.6. The zero-order chi connectivity index (χ0) is 13.8. The second kappa shape index (κ2) is 5.89. The number of benzene rings is 1. The van der Waals surface area contributed by atoms with E-state index in [4.69, 9.17) is 9.47 Å². The van der Waals surface area contributed by atoms with E-state index in [2.05, 4.69) is 20.8 Å². The largest absolute Gasteiger partial charge is 0.496 e. The van der Waals surface area contributed by atoms with Crippen molar-refractivity contribution in [2.24, 2.45) is 0 Å². The van der Waals surface area contributed by atoms with Crippen LogP contribution in [0.4, 0.5) is 0 Å². The highest BCUT2D eigenvalue weighted by molar-refractivity contribution is 5.89. The molecule has 1 aromatic carbocycles. The van der Waals surface area contributed by atoms with E-state index < -0.39 is 0 Å². The van der Waals surface area contributed by atoms with E-state index in [1.54, 1.807) is 13.2 Å². The Balaban J connectivity index is 3.25. The maximum atomic E-state index is 11.6. The first-order chi connectivity index (χ1) is 8.46. The highest BCUT2D eigenvalue weighted by atomic mass is 16.5. The molecule has 0 saturated heterocycles. The van der Waals surface area contributed by atoms with Crippen molar-refractivity contribution < 1.29 is 14.3 Å². The fourth-order valence-electron chi connectivity index (χ4n) is 2.24. The summed E-state index contributed by atoms with van der Waals surface area (Å²) < 4.78 is 10.2. The lowest BCUT2D eigenvalue weighted by Gasteiger charge is -2.27. The molecule has 0 unspecified atom stereocenters. The minimum absolute atomic E-state index is 0.0237. The van der Waals surface area contributed by atoms with Crippen LogP contribution in [0, 0.1) is 0 Å². The number of rotatable bonds is 5. The molecule has 0 aromatic heterocycles. The van der Waals surface area contributed by atoms with Crippen LogP contribution in [0.1, 0.15) is 49.5 Å². The minimum Gasteiger partial charge on any atom is -0.496 e. The number of hydrogen-bond acceptors (Lipinski definition) is 3. The van der Waals surface area contributed by atoms with Crippen molar-refractivity contribution in [2.75, 3.05) is 14.2 Å². The summed E-state index contributed by atoms with van der Waals surface area (Å²) in [5.74, 6) is 0.507. The van der Waals surface area contributed by atoms with Crippen LogP contribution in [0.15, 0.2) is 18.2 Å². The summed E-state index contributed by atoms with van der Waals surface area (Å²) in [5.41, 5.74) is 1.59. The van der Waals surface area contributed by atoms with E-state index in [9.17, 15) is 4.79 Å². The third-order valence-corrected chi connectivity index (χ3v) is 3.22. The van der Waals surface area contributed by atoms with E-state index in [0.717, 1.165) is 24.2 Å². The van der Waals surface area contributed by atoms with Crippen LogP contribution in [0.2, 0.25) is 0 Å². The van der Waals surface area contributed by atoms with Crippen LogP contribution >= 0.6 is 0 Å². The molecule has 0 fully saturated rings. The van der Waals surface area contributed by atoms with Crippen molar-refractivity contribution in [3.8, 4) is 5.75 Å². The van der Waals surface area contributed by atoms with Gasteiger partial charge in [-0.2, -0.15) is 0 Å². The third kappa shape index (κ3) is 3.03. The van der Waals surface area contributed by atoms with E-state index in [1.807, 2.05) is 12.1 Å². The first-order valence-electron chi connectivity index (χ1n) is 6.23. The van der Waals surface area contributed by atoms with Crippen LogP contribution in [-0.2, 0) is 10.2 Å². The van der Waals surface area contributed by atoms with Gasteiger partial charge in [-0.1, -0.05) is 27.2 Å². The quantitative estimate of drug-likeness (QED) is 0.749. The molecule has 18 heavy (non-hydrogen) atoms. The number of carbonyl (C=O) groups is 1. The maximum absolute atomic E-state index is 11.6. The summed E-state index contributed by atoms with van der Waals surface area (Å²) >= 11 is 0. The Morgan fingerprint density at radius 2 is 1.94 bits per heavy atom. The van der Waals surface area contributed by atoms with Gasteiger partial charge in [0.05, 0.1) is 19.8 Å². The van der Waals surface area contributed by atoms with E-state index in [1.165, 1.54) is 7.11 Å². The summed E-state index contributed by atoms with van der Waals surface area (Å²) in [6.45, 7) is 6.48. The molecule has 0 saturated carbocycles. The highest BCUT2D eigenvalue weighted by Crippen LogP contribution is 2.35. The van der Waals surface area contributed by atoms with Crippen LogP contribution in [-0.4, -0.2) is 20.2 Å². The predicted molar refractivity (Wildman–Crippen MR) is 72.3 cm³/mol. The fourth-order valence-corrected chi connectivity index (χ4v) is 2.24. The van der Waals surface area contributed by atoms with Gasteiger partial charge in [-0.05, 0) is 30.0 Å². The van der Waals surface area contributed by atoms with E-state index in [-0.39, 0.29) is 11.4 Å². The molecule has 0 amide bonds. The molecular weight excluding hydrogens is 228 g/mol. The summed E-state index contributed by atoms with van der Waals surface area (Å²) in [6, 6.07) is 5.44. The van der Waals surface area contributed by atoms with Gasteiger partial charge in [0.15, 0.2) is 0 Å². The summed E-state index contributed by atoms with van der Waals surface area (Å²) in [4.78, 5) is 11.6. The summed E-state index contributed by atoms with van der Waals surface area (Å²) in [7, 11) is 3.04. The topological polar surface area (TPSA) is 35.5 Å². The molecule has 0 aliphatic carbocycles. The standard InChI is InChI=1S/C15H22O3/c1-6-9-15(2,3)12-10-11(14(16)18-5)7-8-13(12)17-4/h7-8,10H,6,9H2,1-5H3. The Bertz CT molecular complexity index is 422. The molecule has 0 N–H and O–H groups in total. The molecule has 3 nitrogen and oxygen atoms in total. The van der Waals surface area contributed by atoms with Crippen molar-refractivity contribution in [2.45, 2.75) is 39.0 Å². The molecular formula is C15H22O3. The number of esters is 1. The second-order valence-electron chi connectivity index (χ2n) is 5.04. The average molecular weight is 250 g/mol. The van der Waals surface area contributed by atoms with Crippen LogP contribution < -0.4 is 4.74 Å². The van der Waals surface area contributed by atoms with Gasteiger partial charge in [0.2, 0.25) is 0 Å². The average Bonchev–Trinajstić information content (AvgIpc) is 2.37. The number of hydrogen-bond donors (Lipinski definition) is 0. The molecule has 0 atom stereocenters. The van der Waals surface area contributed by atoms with Crippen LogP contribution in [0.25, 0.3) is 0 Å². The van der Waals surface area contributed by atoms with Gasteiger partial charge < -0.3 is 9.47 Å². The van der Waals surface area contributed by atoms with Gasteiger partial charge in [-0.3, -0.25) is 0 Å². The van der Waals surface area contributed by atoms with Gasteiger partial charge in [0.25, 0.3) is 0 Å². The Kier molecular flexibility index (Phi) is 4.76. The third-order valence-electron chi connectivity index (χ3n) is 3.22. The van der Waals surface area contributed by atoms with Crippen molar-refractivity contribution >= 4 is 5.97 Å². The Morgan fingerprint density at radius 3 is 2.44 bits per heavy atom. The van der Waals surface area contributed by atoms with Gasteiger partial charge in [0, 0.05) is 5.56 Å². The van der Waals surface area contributed by atoms with Crippen molar-refractivity contribution in [1.29, 1.82) is 0 Å². The maximum Gasteiger partial charge on any atom is 0.337 e. The molecule has 0 aliphatic heterocycles. The van der Waals surface area contributed by atoms with E-state index in [0.29, 0.717) is 5.56 Å². The minimum atomic E-state index is -0.314. The summed E-state index contributed by atoms with van der Waals surface area (Å²) in [6.07, 6.45) is 2.12. The van der Waals surface area contributed by atoms with Gasteiger partial charge in [0.1, 0.15) is 5.75 Å². The molecule has 0 heterocycles. The normalized spacial score (nSPS) is 11.2. The molecule has 0 radical (unpaired) electrons. The van der Waals surface area contributed by atoms with Gasteiger partial charge >= 0.3 is 5.97 Å².